The van der Waals surface area contributed by atoms with E-state index in [9.17, 15) is 16.8 Å². The molecule has 1 heterocycles. The summed E-state index contributed by atoms with van der Waals surface area (Å²) in [6, 6.07) is 8.48. The highest BCUT2D eigenvalue weighted by atomic mass is 32.2. The number of hydrogen-bond donors (Lipinski definition) is 1. The van der Waals surface area contributed by atoms with E-state index in [0.29, 0.717) is 18.8 Å². The van der Waals surface area contributed by atoms with Crippen molar-refractivity contribution in [2.75, 3.05) is 13.1 Å². The zero-order valence-electron chi connectivity index (χ0n) is 13.5. The molecule has 0 aliphatic rings. The molecule has 1 N–H and O–H groups in total. The van der Waals surface area contributed by atoms with Crippen LogP contribution in [-0.4, -0.2) is 34.2 Å². The first kappa shape index (κ1) is 18.7. The topological polar surface area (TPSA) is 96.7 Å². The molecule has 0 saturated carbocycles. The summed E-state index contributed by atoms with van der Waals surface area (Å²) in [5, 5.41) is 0. The van der Waals surface area contributed by atoms with Crippen molar-refractivity contribution < 1.29 is 21.3 Å². The van der Waals surface area contributed by atoms with Crippen molar-refractivity contribution in [2.45, 2.75) is 30.2 Å². The maximum Gasteiger partial charge on any atom is 0.243 e. The molecule has 0 amide bonds. The van der Waals surface area contributed by atoms with E-state index in [-0.39, 0.29) is 16.3 Å². The Labute approximate surface area is 142 Å². The van der Waals surface area contributed by atoms with Crippen LogP contribution in [0.5, 0.6) is 0 Å². The number of furan rings is 1. The number of rotatable bonds is 8. The maximum atomic E-state index is 12.4. The first-order valence-corrected chi connectivity index (χ1v) is 10.4. The van der Waals surface area contributed by atoms with Gasteiger partial charge >= 0.3 is 0 Å². The molecule has 0 aliphatic carbocycles. The van der Waals surface area contributed by atoms with Crippen molar-refractivity contribution in [3.63, 3.8) is 0 Å². The van der Waals surface area contributed by atoms with Gasteiger partial charge < -0.3 is 4.42 Å². The maximum absolute atomic E-state index is 12.4. The largest absolute Gasteiger partial charge is 0.468 e. The molecule has 2 aromatic rings. The van der Waals surface area contributed by atoms with E-state index in [1.165, 1.54) is 34.8 Å². The fourth-order valence-corrected chi connectivity index (χ4v) is 4.62. The van der Waals surface area contributed by atoms with Crippen LogP contribution in [0.4, 0.5) is 0 Å². The standard InChI is InChI=1S/C15H20N2O5S2/c1-3-17(4-2)24(20,21)15-9-7-14(8-10-15)23(18,19)16-12-13-6-5-11-22-13/h5-11,16H,3-4,12H2,1-2H3. The third kappa shape index (κ3) is 4.04. The second kappa shape index (κ2) is 7.47. The Bertz CT molecular complexity index is 853. The molecule has 0 unspecified atom stereocenters. The normalized spacial score (nSPS) is 12.6. The number of nitrogens with zero attached hydrogens (tertiary/aromatic N) is 1. The average Bonchev–Trinajstić information content (AvgIpc) is 3.07. The van der Waals surface area contributed by atoms with Crippen LogP contribution in [0.1, 0.15) is 19.6 Å². The molecule has 0 bridgehead atoms. The van der Waals surface area contributed by atoms with Gasteiger partial charge in [0.15, 0.2) is 0 Å². The van der Waals surface area contributed by atoms with Gasteiger partial charge in [0, 0.05) is 13.1 Å². The van der Waals surface area contributed by atoms with Crippen LogP contribution < -0.4 is 4.72 Å². The molecule has 0 spiro atoms. The van der Waals surface area contributed by atoms with Crippen molar-refractivity contribution in [1.82, 2.24) is 9.03 Å². The van der Waals surface area contributed by atoms with Crippen LogP contribution in [0.3, 0.4) is 0 Å². The molecule has 1 aromatic heterocycles. The van der Waals surface area contributed by atoms with Crippen molar-refractivity contribution >= 4 is 20.0 Å². The van der Waals surface area contributed by atoms with E-state index in [4.69, 9.17) is 4.42 Å². The lowest BCUT2D eigenvalue weighted by Crippen LogP contribution is -2.30. The van der Waals surface area contributed by atoms with Crippen LogP contribution in [0.25, 0.3) is 0 Å². The monoisotopic (exact) mass is 372 g/mol. The molecule has 24 heavy (non-hydrogen) atoms. The van der Waals surface area contributed by atoms with Crippen LogP contribution in [0, 0.1) is 0 Å². The van der Waals surface area contributed by atoms with E-state index in [1.807, 2.05) is 0 Å². The summed E-state index contributed by atoms with van der Waals surface area (Å²) in [5.41, 5.74) is 0. The lowest BCUT2D eigenvalue weighted by Gasteiger charge is -2.18. The fraction of sp³-hybridized carbons (Fsp3) is 0.333. The van der Waals surface area contributed by atoms with Gasteiger partial charge in [0.05, 0.1) is 22.6 Å². The number of hydrogen-bond acceptors (Lipinski definition) is 5. The van der Waals surface area contributed by atoms with Crippen molar-refractivity contribution in [2.24, 2.45) is 0 Å². The van der Waals surface area contributed by atoms with Gasteiger partial charge in [0.1, 0.15) is 5.76 Å². The second-order valence-corrected chi connectivity index (χ2v) is 8.67. The molecular weight excluding hydrogens is 352 g/mol. The molecule has 0 fully saturated rings. The molecule has 0 radical (unpaired) electrons. The first-order valence-electron chi connectivity index (χ1n) is 7.43. The first-order chi connectivity index (χ1) is 11.3. The van der Waals surface area contributed by atoms with Gasteiger partial charge in [-0.1, -0.05) is 13.8 Å². The highest BCUT2D eigenvalue weighted by Gasteiger charge is 2.22. The Morgan fingerprint density at radius 2 is 1.54 bits per heavy atom. The van der Waals surface area contributed by atoms with Crippen LogP contribution >= 0.6 is 0 Å². The Kier molecular flexibility index (Phi) is 5.81. The van der Waals surface area contributed by atoms with E-state index >= 15 is 0 Å². The second-order valence-electron chi connectivity index (χ2n) is 4.96. The fourth-order valence-electron chi connectivity index (χ4n) is 2.17. The van der Waals surface area contributed by atoms with Crippen LogP contribution in [-0.2, 0) is 26.6 Å². The van der Waals surface area contributed by atoms with E-state index in [2.05, 4.69) is 4.72 Å². The van der Waals surface area contributed by atoms with Crippen molar-refractivity contribution in [3.05, 3.63) is 48.4 Å². The van der Waals surface area contributed by atoms with E-state index in [1.54, 1.807) is 26.0 Å². The van der Waals surface area contributed by atoms with Gasteiger partial charge in [-0.15, -0.1) is 0 Å². The van der Waals surface area contributed by atoms with Gasteiger partial charge in [-0.3, -0.25) is 0 Å². The highest BCUT2D eigenvalue weighted by molar-refractivity contribution is 7.89. The van der Waals surface area contributed by atoms with E-state index < -0.39 is 20.0 Å². The minimum Gasteiger partial charge on any atom is -0.468 e. The lowest BCUT2D eigenvalue weighted by molar-refractivity contribution is 0.445. The smallest absolute Gasteiger partial charge is 0.243 e. The molecule has 7 nitrogen and oxygen atoms in total. The zero-order chi connectivity index (χ0) is 17.8. The van der Waals surface area contributed by atoms with Gasteiger partial charge in [-0.05, 0) is 36.4 Å². The molecule has 2 rings (SSSR count). The summed E-state index contributed by atoms with van der Waals surface area (Å²) >= 11 is 0. The SMILES string of the molecule is CCN(CC)S(=O)(=O)c1ccc(S(=O)(=O)NCc2ccco2)cc1. The number of sulfonamides is 2. The quantitative estimate of drug-likeness (QED) is 0.762. The van der Waals surface area contributed by atoms with Crippen molar-refractivity contribution in [1.29, 1.82) is 0 Å². The number of nitrogens with one attached hydrogen (secondary N) is 1. The molecule has 0 aliphatic heterocycles. The number of benzene rings is 1. The summed E-state index contributed by atoms with van der Waals surface area (Å²) in [5.74, 6) is 0.485. The lowest BCUT2D eigenvalue weighted by atomic mass is 10.4. The Morgan fingerprint density at radius 1 is 0.958 bits per heavy atom. The molecule has 0 atom stereocenters. The third-order valence-electron chi connectivity index (χ3n) is 3.49. The van der Waals surface area contributed by atoms with Gasteiger partial charge in [0.25, 0.3) is 0 Å². The van der Waals surface area contributed by atoms with Gasteiger partial charge in [-0.25, -0.2) is 21.6 Å². The summed E-state index contributed by atoms with van der Waals surface area (Å²) in [4.78, 5) is 0.0590. The highest BCUT2D eigenvalue weighted by Crippen LogP contribution is 2.18. The Balaban J connectivity index is 2.19. The summed E-state index contributed by atoms with van der Waals surface area (Å²) in [7, 11) is -7.36. The van der Waals surface area contributed by atoms with Crippen LogP contribution in [0.15, 0.2) is 56.9 Å². The Hall–Kier alpha value is -1.68. The molecule has 0 saturated heterocycles. The molecule has 132 valence electrons. The average molecular weight is 372 g/mol. The molecule has 9 heteroatoms. The van der Waals surface area contributed by atoms with Crippen LogP contribution in [0.2, 0.25) is 0 Å². The van der Waals surface area contributed by atoms with Gasteiger partial charge in [0.2, 0.25) is 20.0 Å². The Morgan fingerprint density at radius 3 is 2.04 bits per heavy atom. The molecule has 1 aromatic carbocycles. The zero-order valence-corrected chi connectivity index (χ0v) is 15.1. The minimum absolute atomic E-state index is 0.00690. The summed E-state index contributed by atoms with van der Waals surface area (Å²) < 4.78 is 58.0. The predicted octanol–water partition coefficient (Wildman–Crippen LogP) is 1.79. The molecular formula is C15H20N2O5S2. The third-order valence-corrected chi connectivity index (χ3v) is 6.98. The van der Waals surface area contributed by atoms with Gasteiger partial charge in [-0.2, -0.15) is 4.31 Å². The summed E-state index contributed by atoms with van der Waals surface area (Å²) in [6.07, 6.45) is 1.45. The predicted molar refractivity (Wildman–Crippen MR) is 89.3 cm³/mol. The van der Waals surface area contributed by atoms with Crippen molar-refractivity contribution in [3.8, 4) is 0 Å². The summed E-state index contributed by atoms with van der Waals surface area (Å²) in [6.45, 7) is 4.22. The van der Waals surface area contributed by atoms with E-state index in [0.717, 1.165) is 0 Å². The minimum atomic E-state index is -3.75.